The first kappa shape index (κ1) is 12.0. The third kappa shape index (κ3) is 2.62. The topological polar surface area (TPSA) is 55.0 Å². The van der Waals surface area contributed by atoms with Gasteiger partial charge in [0.15, 0.2) is 0 Å². The van der Waals surface area contributed by atoms with E-state index in [1.807, 2.05) is 35.8 Å². The second kappa shape index (κ2) is 5.25. The van der Waals surface area contributed by atoms with E-state index in [0.29, 0.717) is 12.5 Å². The Morgan fingerprint density at radius 1 is 1.41 bits per heavy atom. The molecule has 4 nitrogen and oxygen atoms in total. The highest BCUT2D eigenvalue weighted by molar-refractivity contribution is 7.13. The van der Waals surface area contributed by atoms with Crippen molar-refractivity contribution < 1.29 is 0 Å². The Hall–Kier alpha value is -1.46. The zero-order valence-electron chi connectivity index (χ0n) is 10.00. The highest BCUT2D eigenvalue weighted by Crippen LogP contribution is 2.23. The van der Waals surface area contributed by atoms with Gasteiger partial charge in [0.2, 0.25) is 5.95 Å². The zero-order valence-corrected chi connectivity index (χ0v) is 10.8. The van der Waals surface area contributed by atoms with Crippen LogP contribution in [0.3, 0.4) is 0 Å². The zero-order chi connectivity index (χ0) is 12.3. The Morgan fingerprint density at radius 3 is 2.65 bits per heavy atom. The monoisotopic (exact) mass is 248 g/mol. The van der Waals surface area contributed by atoms with Crippen LogP contribution in [0.1, 0.15) is 6.92 Å². The molecule has 0 saturated heterocycles. The van der Waals surface area contributed by atoms with Gasteiger partial charge in [-0.2, -0.15) is 0 Å². The predicted molar refractivity (Wildman–Crippen MR) is 72.3 cm³/mol. The summed E-state index contributed by atoms with van der Waals surface area (Å²) in [7, 11) is 1.96. The van der Waals surface area contributed by atoms with Crippen LogP contribution in [-0.2, 0) is 0 Å². The molecular weight excluding hydrogens is 232 g/mol. The Morgan fingerprint density at radius 2 is 2.12 bits per heavy atom. The number of anilines is 1. The molecule has 0 radical (unpaired) electrons. The molecule has 90 valence electrons. The van der Waals surface area contributed by atoms with Crippen molar-refractivity contribution in [2.75, 3.05) is 18.5 Å². The third-order valence-electron chi connectivity index (χ3n) is 2.76. The maximum atomic E-state index is 5.62. The summed E-state index contributed by atoms with van der Waals surface area (Å²) >= 11 is 1.69. The quantitative estimate of drug-likeness (QED) is 0.899. The van der Waals surface area contributed by atoms with Gasteiger partial charge in [0, 0.05) is 42.5 Å². The summed E-state index contributed by atoms with van der Waals surface area (Å²) in [6.45, 7) is 2.64. The Kier molecular flexibility index (Phi) is 3.71. The largest absolute Gasteiger partial charge is 0.340 e. The lowest BCUT2D eigenvalue weighted by Gasteiger charge is -2.23. The fourth-order valence-electron chi connectivity index (χ4n) is 1.43. The molecule has 0 aliphatic carbocycles. The van der Waals surface area contributed by atoms with Gasteiger partial charge in [-0.25, -0.2) is 9.97 Å². The van der Waals surface area contributed by atoms with Gasteiger partial charge in [-0.05, 0) is 18.4 Å². The highest BCUT2D eigenvalue weighted by Gasteiger charge is 2.10. The van der Waals surface area contributed by atoms with Crippen LogP contribution in [0.2, 0.25) is 0 Å². The van der Waals surface area contributed by atoms with Crippen LogP contribution in [0.15, 0.2) is 29.9 Å². The summed E-state index contributed by atoms with van der Waals surface area (Å²) in [6, 6.07) is 4.33. The molecule has 2 rings (SSSR count). The number of thiophene rings is 1. The summed E-state index contributed by atoms with van der Waals surface area (Å²) in [5, 5.41) is 2.05. The molecule has 1 atom stereocenters. The van der Waals surface area contributed by atoms with Gasteiger partial charge in [0.1, 0.15) is 0 Å². The van der Waals surface area contributed by atoms with Crippen molar-refractivity contribution >= 4 is 17.3 Å². The molecular formula is C12H16N4S. The van der Waals surface area contributed by atoms with Crippen molar-refractivity contribution in [3.8, 4) is 10.4 Å². The minimum absolute atomic E-state index is 0.239. The lowest BCUT2D eigenvalue weighted by atomic mass is 10.3. The van der Waals surface area contributed by atoms with Crippen molar-refractivity contribution in [2.45, 2.75) is 13.0 Å². The molecule has 0 aliphatic heterocycles. The van der Waals surface area contributed by atoms with E-state index in [-0.39, 0.29) is 6.04 Å². The maximum absolute atomic E-state index is 5.62. The number of nitrogens with zero attached hydrogens (tertiary/aromatic N) is 3. The fraction of sp³-hybridized carbons (Fsp3) is 0.333. The normalized spacial score (nSPS) is 12.4. The number of nitrogens with two attached hydrogens (primary N) is 1. The lowest BCUT2D eigenvalue weighted by molar-refractivity contribution is 0.678. The van der Waals surface area contributed by atoms with E-state index in [0.717, 1.165) is 5.56 Å². The van der Waals surface area contributed by atoms with Gasteiger partial charge in [0.05, 0.1) is 0 Å². The maximum Gasteiger partial charge on any atom is 0.225 e. The average molecular weight is 248 g/mol. The van der Waals surface area contributed by atoms with Gasteiger partial charge in [-0.3, -0.25) is 0 Å². The smallest absolute Gasteiger partial charge is 0.225 e. The van der Waals surface area contributed by atoms with Crippen LogP contribution in [0, 0.1) is 0 Å². The summed E-state index contributed by atoms with van der Waals surface area (Å²) in [5.74, 6) is 0.711. The van der Waals surface area contributed by atoms with Gasteiger partial charge < -0.3 is 10.6 Å². The van der Waals surface area contributed by atoms with E-state index in [1.165, 1.54) is 4.88 Å². The SMILES string of the molecule is CC(CN)N(C)c1ncc(-c2cccs2)cn1. The average Bonchev–Trinajstić information content (AvgIpc) is 2.91. The fourth-order valence-corrected chi connectivity index (χ4v) is 2.13. The minimum atomic E-state index is 0.239. The summed E-state index contributed by atoms with van der Waals surface area (Å²) < 4.78 is 0. The van der Waals surface area contributed by atoms with Crippen LogP contribution in [0.4, 0.5) is 5.95 Å². The Labute approximate surface area is 105 Å². The van der Waals surface area contributed by atoms with Crippen LogP contribution < -0.4 is 10.6 Å². The molecule has 2 aromatic heterocycles. The lowest BCUT2D eigenvalue weighted by Crippen LogP contribution is -2.36. The van der Waals surface area contributed by atoms with Crippen LogP contribution in [0.25, 0.3) is 10.4 Å². The molecule has 0 amide bonds. The molecule has 0 fully saturated rings. The first-order chi connectivity index (χ1) is 8.22. The minimum Gasteiger partial charge on any atom is -0.340 e. The van der Waals surface area contributed by atoms with Gasteiger partial charge >= 0.3 is 0 Å². The van der Waals surface area contributed by atoms with E-state index in [1.54, 1.807) is 11.3 Å². The van der Waals surface area contributed by atoms with Crippen LogP contribution >= 0.6 is 11.3 Å². The number of hydrogen-bond acceptors (Lipinski definition) is 5. The molecule has 0 spiro atoms. The second-order valence-corrected chi connectivity index (χ2v) is 4.89. The number of likely N-dealkylation sites (N-methyl/N-ethyl adjacent to an activating group) is 1. The van der Waals surface area contributed by atoms with Gasteiger partial charge in [-0.1, -0.05) is 6.07 Å². The van der Waals surface area contributed by atoms with Crippen molar-refractivity contribution in [1.82, 2.24) is 9.97 Å². The van der Waals surface area contributed by atoms with Crippen LogP contribution in [-0.4, -0.2) is 29.6 Å². The van der Waals surface area contributed by atoms with Crippen molar-refractivity contribution in [1.29, 1.82) is 0 Å². The molecule has 5 heteroatoms. The predicted octanol–water partition coefficient (Wildman–Crippen LogP) is 1.99. The summed E-state index contributed by atoms with van der Waals surface area (Å²) in [4.78, 5) is 11.9. The van der Waals surface area contributed by atoms with Crippen molar-refractivity contribution in [2.24, 2.45) is 5.73 Å². The number of aromatic nitrogens is 2. The molecule has 1 unspecified atom stereocenters. The molecule has 2 aromatic rings. The molecule has 0 bridgehead atoms. The first-order valence-corrected chi connectivity index (χ1v) is 6.39. The molecule has 0 aliphatic rings. The third-order valence-corrected chi connectivity index (χ3v) is 3.68. The summed E-state index contributed by atoms with van der Waals surface area (Å²) in [5.41, 5.74) is 6.68. The van der Waals surface area contributed by atoms with Gasteiger partial charge in [-0.15, -0.1) is 11.3 Å². The summed E-state index contributed by atoms with van der Waals surface area (Å²) in [6.07, 6.45) is 3.71. The number of rotatable bonds is 4. The molecule has 0 aromatic carbocycles. The van der Waals surface area contributed by atoms with E-state index >= 15 is 0 Å². The first-order valence-electron chi connectivity index (χ1n) is 5.51. The molecule has 0 saturated carbocycles. The molecule has 2 heterocycles. The van der Waals surface area contributed by atoms with E-state index in [4.69, 9.17) is 5.73 Å². The van der Waals surface area contributed by atoms with E-state index in [2.05, 4.69) is 23.0 Å². The molecule has 2 N–H and O–H groups in total. The van der Waals surface area contributed by atoms with Crippen molar-refractivity contribution in [3.05, 3.63) is 29.9 Å². The Bertz CT molecular complexity index is 452. The van der Waals surface area contributed by atoms with Crippen LogP contribution in [0.5, 0.6) is 0 Å². The molecule has 17 heavy (non-hydrogen) atoms. The second-order valence-electron chi connectivity index (χ2n) is 3.94. The number of hydrogen-bond donors (Lipinski definition) is 1. The Balaban J connectivity index is 2.18. The standard InChI is InChI=1S/C12H16N4S/c1-9(6-13)16(2)12-14-7-10(8-15-12)11-4-3-5-17-11/h3-5,7-9H,6,13H2,1-2H3. The van der Waals surface area contributed by atoms with E-state index in [9.17, 15) is 0 Å². The van der Waals surface area contributed by atoms with Gasteiger partial charge in [0.25, 0.3) is 0 Å². The van der Waals surface area contributed by atoms with E-state index < -0.39 is 0 Å². The van der Waals surface area contributed by atoms with Crippen molar-refractivity contribution in [3.63, 3.8) is 0 Å². The highest BCUT2D eigenvalue weighted by atomic mass is 32.1.